The van der Waals surface area contributed by atoms with Crippen LogP contribution in [0.4, 0.5) is 0 Å². The minimum Gasteiger partial charge on any atom is -0.480 e. The van der Waals surface area contributed by atoms with Gasteiger partial charge < -0.3 is 21.9 Å². The van der Waals surface area contributed by atoms with E-state index in [1.54, 1.807) is 0 Å². The quantitative estimate of drug-likeness (QED) is 0.452. The third-order valence-corrected chi connectivity index (χ3v) is 1.86. The first kappa shape index (κ1) is 12.8. The molecule has 0 rings (SSSR count). The van der Waals surface area contributed by atoms with Crippen molar-refractivity contribution in [3.63, 3.8) is 0 Å². The van der Waals surface area contributed by atoms with Crippen molar-refractivity contribution in [3.05, 3.63) is 11.4 Å². The molecule has 0 radical (unpaired) electrons. The number of nitrogens with one attached hydrogen (secondary N) is 1. The van der Waals surface area contributed by atoms with E-state index in [4.69, 9.17) is 16.6 Å². The van der Waals surface area contributed by atoms with Gasteiger partial charge in [0, 0.05) is 6.54 Å². The van der Waals surface area contributed by atoms with E-state index in [0.717, 1.165) is 5.57 Å². The summed E-state index contributed by atoms with van der Waals surface area (Å²) in [6, 6.07) is -0.773. The molecule has 0 fully saturated rings. The van der Waals surface area contributed by atoms with Gasteiger partial charge in [-0.1, -0.05) is 0 Å². The van der Waals surface area contributed by atoms with Crippen LogP contribution in [0.2, 0.25) is 0 Å². The number of aliphatic carboxylic acids is 1. The molecule has 5 nitrogen and oxygen atoms in total. The second kappa shape index (κ2) is 6.26. The molecule has 0 aromatic rings. The van der Waals surface area contributed by atoms with E-state index >= 15 is 0 Å². The average molecular weight is 201 g/mol. The summed E-state index contributed by atoms with van der Waals surface area (Å²) in [6.45, 7) is 4.47. The Morgan fingerprint density at radius 2 is 2.07 bits per heavy atom. The second-order valence-electron chi connectivity index (χ2n) is 3.43. The van der Waals surface area contributed by atoms with Crippen molar-refractivity contribution >= 4 is 5.97 Å². The highest BCUT2D eigenvalue weighted by molar-refractivity contribution is 5.72. The third-order valence-electron chi connectivity index (χ3n) is 1.86. The summed E-state index contributed by atoms with van der Waals surface area (Å²) in [6.07, 6.45) is 1.15. The highest BCUT2D eigenvalue weighted by atomic mass is 16.4. The zero-order valence-electron chi connectivity index (χ0n) is 8.71. The van der Waals surface area contributed by atoms with Crippen molar-refractivity contribution in [1.29, 1.82) is 0 Å². The van der Waals surface area contributed by atoms with Crippen molar-refractivity contribution in [2.75, 3.05) is 6.54 Å². The maximum absolute atomic E-state index is 10.4. The van der Waals surface area contributed by atoms with Crippen LogP contribution in [0.15, 0.2) is 11.4 Å². The minimum absolute atomic E-state index is 0.457. The molecule has 0 spiro atoms. The lowest BCUT2D eigenvalue weighted by Gasteiger charge is -2.09. The highest BCUT2D eigenvalue weighted by Crippen LogP contribution is 1.95. The standard InChI is InChI=1S/C9H19N3O2/c1-6(2)8(11)12-5-3-4-7(10)9(13)14/h7,12H,3-5,10-11H2,1-2H3,(H,13,14). The summed E-state index contributed by atoms with van der Waals surface area (Å²) < 4.78 is 0. The SMILES string of the molecule is CC(C)=C(N)NCCCC(N)C(=O)O. The molecule has 0 aromatic heterocycles. The maximum Gasteiger partial charge on any atom is 0.320 e. The summed E-state index contributed by atoms with van der Waals surface area (Å²) in [5.41, 5.74) is 12.0. The predicted octanol–water partition coefficient (Wildman–Crippen LogP) is -0.0218. The van der Waals surface area contributed by atoms with Crippen LogP contribution in [0, 0.1) is 0 Å². The molecule has 5 heteroatoms. The largest absolute Gasteiger partial charge is 0.480 e. The van der Waals surface area contributed by atoms with E-state index in [2.05, 4.69) is 5.32 Å². The normalized spacial score (nSPS) is 11.9. The van der Waals surface area contributed by atoms with Gasteiger partial charge in [-0.15, -0.1) is 0 Å². The van der Waals surface area contributed by atoms with Crippen LogP contribution >= 0.6 is 0 Å². The summed E-state index contributed by atoms with van der Waals surface area (Å²) in [7, 11) is 0. The molecule has 6 N–H and O–H groups in total. The molecule has 0 heterocycles. The zero-order chi connectivity index (χ0) is 11.1. The number of hydrogen-bond acceptors (Lipinski definition) is 4. The molecule has 14 heavy (non-hydrogen) atoms. The van der Waals surface area contributed by atoms with Crippen LogP contribution in [0.3, 0.4) is 0 Å². The lowest BCUT2D eigenvalue weighted by atomic mass is 10.2. The molecule has 82 valence electrons. The number of carbonyl (C=O) groups is 1. The van der Waals surface area contributed by atoms with Crippen molar-refractivity contribution in [2.45, 2.75) is 32.7 Å². The summed E-state index contributed by atoms with van der Waals surface area (Å²) in [5.74, 6) is -0.311. The van der Waals surface area contributed by atoms with Gasteiger partial charge in [-0.05, 0) is 32.3 Å². The van der Waals surface area contributed by atoms with Gasteiger partial charge in [0.15, 0.2) is 0 Å². The van der Waals surface area contributed by atoms with Crippen molar-refractivity contribution in [3.8, 4) is 0 Å². The van der Waals surface area contributed by atoms with Crippen molar-refractivity contribution in [1.82, 2.24) is 5.32 Å². The molecular formula is C9H19N3O2. The number of allylic oxidation sites excluding steroid dienone is 1. The van der Waals surface area contributed by atoms with Gasteiger partial charge in [0.2, 0.25) is 0 Å². The van der Waals surface area contributed by atoms with Gasteiger partial charge in [-0.2, -0.15) is 0 Å². The van der Waals surface area contributed by atoms with E-state index in [0.29, 0.717) is 25.2 Å². The topological polar surface area (TPSA) is 101 Å². The fourth-order valence-corrected chi connectivity index (χ4v) is 0.845. The van der Waals surface area contributed by atoms with Crippen molar-refractivity contribution in [2.24, 2.45) is 11.5 Å². The van der Waals surface area contributed by atoms with Crippen LogP contribution in [-0.4, -0.2) is 23.7 Å². The molecule has 0 saturated heterocycles. The van der Waals surface area contributed by atoms with Crippen LogP contribution in [-0.2, 0) is 4.79 Å². The fraction of sp³-hybridized carbons (Fsp3) is 0.667. The lowest BCUT2D eigenvalue weighted by Crippen LogP contribution is -2.31. The Morgan fingerprint density at radius 1 is 1.50 bits per heavy atom. The highest BCUT2D eigenvalue weighted by Gasteiger charge is 2.09. The molecule has 0 bridgehead atoms. The second-order valence-corrected chi connectivity index (χ2v) is 3.43. The first-order valence-corrected chi connectivity index (χ1v) is 4.60. The average Bonchev–Trinajstić information content (AvgIpc) is 2.11. The molecule has 0 saturated carbocycles. The lowest BCUT2D eigenvalue weighted by molar-refractivity contribution is -0.138. The Labute approximate surface area is 84.2 Å². The first-order chi connectivity index (χ1) is 6.45. The molecule has 0 amide bonds. The van der Waals surface area contributed by atoms with Crippen LogP contribution < -0.4 is 16.8 Å². The van der Waals surface area contributed by atoms with E-state index in [1.165, 1.54) is 0 Å². The van der Waals surface area contributed by atoms with Gasteiger partial charge in [-0.3, -0.25) is 4.79 Å². The summed E-state index contributed by atoms with van der Waals surface area (Å²) in [5, 5.41) is 11.5. The number of carboxylic acids is 1. The molecule has 0 aromatic carbocycles. The van der Waals surface area contributed by atoms with Crippen LogP contribution in [0.5, 0.6) is 0 Å². The summed E-state index contributed by atoms with van der Waals surface area (Å²) >= 11 is 0. The van der Waals surface area contributed by atoms with Gasteiger partial charge in [-0.25, -0.2) is 0 Å². The van der Waals surface area contributed by atoms with Crippen molar-refractivity contribution < 1.29 is 9.90 Å². The Balaban J connectivity index is 3.57. The van der Waals surface area contributed by atoms with Crippen LogP contribution in [0.25, 0.3) is 0 Å². The number of hydrogen-bond donors (Lipinski definition) is 4. The van der Waals surface area contributed by atoms with Gasteiger partial charge in [0.25, 0.3) is 0 Å². The Bertz CT molecular complexity index is 222. The van der Waals surface area contributed by atoms with E-state index in [-0.39, 0.29) is 0 Å². The third kappa shape index (κ3) is 5.42. The van der Waals surface area contributed by atoms with Crippen LogP contribution in [0.1, 0.15) is 26.7 Å². The van der Waals surface area contributed by atoms with E-state index in [9.17, 15) is 4.79 Å². The Morgan fingerprint density at radius 3 is 2.50 bits per heavy atom. The molecule has 0 aliphatic carbocycles. The number of rotatable bonds is 6. The van der Waals surface area contributed by atoms with Gasteiger partial charge in [0.05, 0.1) is 5.82 Å². The monoisotopic (exact) mass is 201 g/mol. The smallest absolute Gasteiger partial charge is 0.320 e. The van der Waals surface area contributed by atoms with Gasteiger partial charge in [0.1, 0.15) is 6.04 Å². The molecule has 1 unspecified atom stereocenters. The summed E-state index contributed by atoms with van der Waals surface area (Å²) in [4.78, 5) is 10.4. The molecule has 0 aliphatic heterocycles. The zero-order valence-corrected chi connectivity index (χ0v) is 8.71. The molecular weight excluding hydrogens is 182 g/mol. The molecule has 0 aliphatic rings. The first-order valence-electron chi connectivity index (χ1n) is 4.60. The Hall–Kier alpha value is -1.23. The maximum atomic E-state index is 10.4. The minimum atomic E-state index is -0.958. The predicted molar refractivity (Wildman–Crippen MR) is 55.4 cm³/mol. The number of carboxylic acid groups (broad SMARTS) is 1. The van der Waals surface area contributed by atoms with Gasteiger partial charge >= 0.3 is 5.97 Å². The van der Waals surface area contributed by atoms with E-state index < -0.39 is 12.0 Å². The molecule has 1 atom stereocenters. The number of nitrogens with two attached hydrogens (primary N) is 2. The Kier molecular flexibility index (Phi) is 5.71. The van der Waals surface area contributed by atoms with E-state index in [1.807, 2.05) is 13.8 Å². The fourth-order valence-electron chi connectivity index (χ4n) is 0.845.